The topological polar surface area (TPSA) is 59.0 Å². The van der Waals surface area contributed by atoms with Gasteiger partial charge in [0, 0.05) is 31.3 Å². The summed E-state index contributed by atoms with van der Waals surface area (Å²) < 4.78 is 11.8. The number of aliphatic hydroxyl groups excluding tert-OH is 1. The molecule has 2 heterocycles. The average Bonchev–Trinajstić information content (AvgIpc) is 3.20. The van der Waals surface area contributed by atoms with Crippen LogP contribution in [0, 0.1) is 0 Å². The predicted molar refractivity (Wildman–Crippen MR) is 100 cm³/mol. The largest absolute Gasteiger partial charge is 0.459 e. The summed E-state index contributed by atoms with van der Waals surface area (Å²) in [6.45, 7) is 0.410. The summed E-state index contributed by atoms with van der Waals surface area (Å²) in [6.07, 6.45) is 2.08. The first-order valence-electron chi connectivity index (χ1n) is 8.50. The molecule has 0 unspecified atom stereocenters. The number of carbonyl (C=O) groups excluding carboxylic acids is 1. The molecule has 0 radical (unpaired) electrons. The maximum atomic E-state index is 12.4. The number of aliphatic hydroxyl groups is 1. The quantitative estimate of drug-likeness (QED) is 0.844. The fourth-order valence-corrected chi connectivity index (χ4v) is 3.57. The van der Waals surface area contributed by atoms with Crippen molar-refractivity contribution in [3.8, 4) is 0 Å². The summed E-state index contributed by atoms with van der Waals surface area (Å²) >= 11 is 1.67. The zero-order valence-corrected chi connectivity index (χ0v) is 15.7. The van der Waals surface area contributed by atoms with Crippen LogP contribution in [0.5, 0.6) is 0 Å². The van der Waals surface area contributed by atoms with Gasteiger partial charge in [0.25, 0.3) is 5.91 Å². The molecule has 2 aromatic rings. The van der Waals surface area contributed by atoms with Gasteiger partial charge in [-0.05, 0) is 28.6 Å². The molecule has 26 heavy (non-hydrogen) atoms. The Balaban J connectivity index is 1.70. The van der Waals surface area contributed by atoms with Crippen LogP contribution in [-0.4, -0.2) is 36.3 Å². The Hall–Kier alpha value is -2.15. The summed E-state index contributed by atoms with van der Waals surface area (Å²) in [6, 6.07) is 11.7. The fourth-order valence-electron chi connectivity index (χ4n) is 2.76. The van der Waals surface area contributed by atoms with Crippen molar-refractivity contribution < 1.29 is 19.4 Å². The van der Waals surface area contributed by atoms with Crippen molar-refractivity contribution in [2.45, 2.75) is 31.8 Å². The predicted octanol–water partition coefficient (Wildman–Crippen LogP) is 3.26. The Morgan fingerprint density at radius 1 is 1.27 bits per heavy atom. The molecule has 0 fully saturated rings. The zero-order valence-electron chi connectivity index (χ0n) is 14.9. The van der Waals surface area contributed by atoms with E-state index in [0.29, 0.717) is 18.8 Å². The highest BCUT2D eigenvalue weighted by Gasteiger charge is 2.29. The smallest absolute Gasteiger partial charge is 0.288 e. The third-order valence-corrected chi connectivity index (χ3v) is 5.23. The molecule has 1 amide bonds. The van der Waals surface area contributed by atoms with Crippen molar-refractivity contribution >= 4 is 17.2 Å². The standard InChI is InChI=1S/C20H23NO4S/c1-21(2)20(23)17-10-16(18-4-3-9-26-18)11-19(25-17)24-13-15-7-5-14(12-22)6-8-15/h3-10,16,19,22H,11-13H2,1-2H3/t16-,19+/m0/s1. The first kappa shape index (κ1) is 18.6. The Morgan fingerprint density at radius 2 is 2.00 bits per heavy atom. The van der Waals surface area contributed by atoms with E-state index in [0.717, 1.165) is 11.1 Å². The van der Waals surface area contributed by atoms with Crippen LogP contribution < -0.4 is 0 Å². The Bertz CT molecular complexity index is 753. The molecule has 2 atom stereocenters. The van der Waals surface area contributed by atoms with Gasteiger partial charge in [-0.15, -0.1) is 11.3 Å². The van der Waals surface area contributed by atoms with Crippen LogP contribution in [-0.2, 0) is 27.5 Å². The van der Waals surface area contributed by atoms with Gasteiger partial charge >= 0.3 is 0 Å². The number of rotatable bonds is 6. The van der Waals surface area contributed by atoms with Gasteiger partial charge in [-0.25, -0.2) is 0 Å². The molecular weight excluding hydrogens is 350 g/mol. The van der Waals surface area contributed by atoms with Gasteiger partial charge in [0.1, 0.15) is 0 Å². The number of amides is 1. The average molecular weight is 373 g/mol. The lowest BCUT2D eigenvalue weighted by molar-refractivity contribution is -0.154. The number of hydrogen-bond donors (Lipinski definition) is 1. The van der Waals surface area contributed by atoms with E-state index in [4.69, 9.17) is 14.6 Å². The number of benzene rings is 1. The minimum atomic E-state index is -0.483. The van der Waals surface area contributed by atoms with E-state index in [1.54, 1.807) is 25.4 Å². The maximum Gasteiger partial charge on any atom is 0.288 e. The molecule has 1 aromatic carbocycles. The van der Waals surface area contributed by atoms with Gasteiger partial charge in [0.15, 0.2) is 5.76 Å². The highest BCUT2D eigenvalue weighted by atomic mass is 32.1. The molecule has 1 aliphatic rings. The first-order chi connectivity index (χ1) is 12.6. The van der Waals surface area contributed by atoms with E-state index in [1.165, 1.54) is 9.78 Å². The third-order valence-electron chi connectivity index (χ3n) is 4.22. The Labute approximate surface area is 157 Å². The second-order valence-corrected chi connectivity index (χ2v) is 7.40. The molecule has 0 spiro atoms. The highest BCUT2D eigenvalue weighted by Crippen LogP contribution is 2.34. The number of carbonyl (C=O) groups is 1. The minimum absolute atomic E-state index is 0.0240. The van der Waals surface area contributed by atoms with Crippen molar-refractivity contribution in [3.63, 3.8) is 0 Å². The number of ether oxygens (including phenoxy) is 2. The summed E-state index contributed by atoms with van der Waals surface area (Å²) in [7, 11) is 3.42. The molecule has 0 saturated heterocycles. The van der Waals surface area contributed by atoms with Gasteiger partial charge in [-0.2, -0.15) is 0 Å². The van der Waals surface area contributed by atoms with Crippen molar-refractivity contribution in [2.24, 2.45) is 0 Å². The van der Waals surface area contributed by atoms with E-state index in [1.807, 2.05) is 41.8 Å². The zero-order chi connectivity index (χ0) is 18.5. The summed E-state index contributed by atoms with van der Waals surface area (Å²) in [5.74, 6) is 0.275. The summed E-state index contributed by atoms with van der Waals surface area (Å²) in [4.78, 5) is 15.1. The first-order valence-corrected chi connectivity index (χ1v) is 9.38. The van der Waals surface area contributed by atoms with E-state index >= 15 is 0 Å². The molecule has 0 saturated carbocycles. The molecule has 3 rings (SSSR count). The van der Waals surface area contributed by atoms with Gasteiger partial charge in [-0.1, -0.05) is 30.3 Å². The molecule has 1 aromatic heterocycles. The number of likely N-dealkylation sites (N-methyl/N-ethyl adjacent to an activating group) is 1. The van der Waals surface area contributed by atoms with Gasteiger partial charge < -0.3 is 19.5 Å². The molecule has 0 aliphatic carbocycles. The SMILES string of the molecule is CN(C)C(=O)C1=C[C@H](c2cccs2)C[C@H](OCc2ccc(CO)cc2)O1. The monoisotopic (exact) mass is 373 g/mol. The number of allylic oxidation sites excluding steroid dienone is 1. The highest BCUT2D eigenvalue weighted by molar-refractivity contribution is 7.10. The van der Waals surface area contributed by atoms with Crippen LogP contribution in [0.15, 0.2) is 53.6 Å². The van der Waals surface area contributed by atoms with Gasteiger partial charge in [0.2, 0.25) is 6.29 Å². The minimum Gasteiger partial charge on any atom is -0.459 e. The molecule has 0 bridgehead atoms. The van der Waals surface area contributed by atoms with Crippen molar-refractivity contribution in [1.82, 2.24) is 4.90 Å². The van der Waals surface area contributed by atoms with E-state index in [9.17, 15) is 4.79 Å². The molecule has 138 valence electrons. The third kappa shape index (κ3) is 4.52. The number of hydrogen-bond acceptors (Lipinski definition) is 5. The van der Waals surface area contributed by atoms with E-state index < -0.39 is 6.29 Å². The van der Waals surface area contributed by atoms with Crippen molar-refractivity contribution in [3.05, 3.63) is 69.6 Å². The second kappa shape index (κ2) is 8.49. The van der Waals surface area contributed by atoms with Crippen molar-refractivity contribution in [1.29, 1.82) is 0 Å². The van der Waals surface area contributed by atoms with Crippen LogP contribution in [0.2, 0.25) is 0 Å². The molecule has 1 aliphatic heterocycles. The van der Waals surface area contributed by atoms with E-state index in [2.05, 4.69) is 6.07 Å². The Kier molecular flexibility index (Phi) is 6.08. The van der Waals surface area contributed by atoms with Crippen LogP contribution in [0.1, 0.15) is 28.3 Å². The van der Waals surface area contributed by atoms with Crippen LogP contribution in [0.3, 0.4) is 0 Å². The van der Waals surface area contributed by atoms with Crippen LogP contribution >= 0.6 is 11.3 Å². The lowest BCUT2D eigenvalue weighted by atomic mass is 9.99. The summed E-state index contributed by atoms with van der Waals surface area (Å²) in [5, 5.41) is 11.1. The second-order valence-electron chi connectivity index (χ2n) is 6.42. The summed E-state index contributed by atoms with van der Waals surface area (Å²) in [5.41, 5.74) is 1.86. The van der Waals surface area contributed by atoms with Gasteiger partial charge in [-0.3, -0.25) is 4.79 Å². The lowest BCUT2D eigenvalue weighted by Gasteiger charge is -2.29. The number of thiophene rings is 1. The van der Waals surface area contributed by atoms with E-state index in [-0.39, 0.29) is 18.4 Å². The fraction of sp³-hybridized carbons (Fsp3) is 0.350. The lowest BCUT2D eigenvalue weighted by Crippen LogP contribution is -2.32. The van der Waals surface area contributed by atoms with Gasteiger partial charge in [0.05, 0.1) is 13.2 Å². The maximum absolute atomic E-state index is 12.4. The molecular formula is C20H23NO4S. The Morgan fingerprint density at radius 3 is 2.62 bits per heavy atom. The van der Waals surface area contributed by atoms with Crippen molar-refractivity contribution in [2.75, 3.05) is 14.1 Å². The molecule has 1 N–H and O–H groups in total. The number of nitrogens with zero attached hydrogens (tertiary/aromatic N) is 1. The van der Waals surface area contributed by atoms with Crippen LogP contribution in [0.4, 0.5) is 0 Å². The van der Waals surface area contributed by atoms with Crippen LogP contribution in [0.25, 0.3) is 0 Å². The normalized spacial score (nSPS) is 19.6. The molecule has 6 heteroatoms. The molecule has 5 nitrogen and oxygen atoms in total.